The molecule has 0 fully saturated rings. The lowest BCUT2D eigenvalue weighted by atomic mass is 9.94. The molecule has 3 aromatic rings. The van der Waals surface area contributed by atoms with Crippen molar-refractivity contribution < 1.29 is 9.84 Å². The summed E-state index contributed by atoms with van der Waals surface area (Å²) >= 11 is 0. The van der Waals surface area contributed by atoms with Gasteiger partial charge in [0.25, 0.3) is 0 Å². The molecule has 0 saturated heterocycles. The Hall–Kier alpha value is -2.74. The van der Waals surface area contributed by atoms with Gasteiger partial charge in [-0.25, -0.2) is 0 Å². The molecule has 2 heteroatoms. The first-order chi connectivity index (χ1) is 11.5. The zero-order valence-electron chi connectivity index (χ0n) is 14.6. The highest BCUT2D eigenvalue weighted by Crippen LogP contribution is 2.43. The monoisotopic (exact) mass is 318 g/mol. The van der Waals surface area contributed by atoms with E-state index in [0.29, 0.717) is 5.75 Å². The second kappa shape index (κ2) is 6.40. The summed E-state index contributed by atoms with van der Waals surface area (Å²) in [5, 5.41) is 10.5. The molecular weight excluding hydrogens is 296 g/mol. The predicted octanol–water partition coefficient (Wildman–Crippen LogP) is 6.09. The van der Waals surface area contributed by atoms with Crippen LogP contribution in [0.3, 0.4) is 0 Å². The Morgan fingerprint density at radius 3 is 1.71 bits per heavy atom. The van der Waals surface area contributed by atoms with Crippen molar-refractivity contribution in [2.24, 2.45) is 0 Å². The summed E-state index contributed by atoms with van der Waals surface area (Å²) < 4.78 is 6.26. The van der Waals surface area contributed by atoms with Gasteiger partial charge in [0.2, 0.25) is 0 Å². The summed E-state index contributed by atoms with van der Waals surface area (Å²) in [6.07, 6.45) is 0. The Morgan fingerprint density at radius 2 is 1.12 bits per heavy atom. The maximum absolute atomic E-state index is 10.5. The van der Waals surface area contributed by atoms with Crippen LogP contribution in [0.25, 0.3) is 11.1 Å². The van der Waals surface area contributed by atoms with Gasteiger partial charge in [0, 0.05) is 0 Å². The van der Waals surface area contributed by atoms with Crippen LogP contribution in [-0.4, -0.2) is 5.11 Å². The van der Waals surface area contributed by atoms with Gasteiger partial charge in [0.05, 0.1) is 5.56 Å². The molecule has 1 N–H and O–H groups in total. The number of hydrogen-bond donors (Lipinski definition) is 1. The quantitative estimate of drug-likeness (QED) is 0.633. The zero-order valence-corrected chi connectivity index (χ0v) is 14.6. The molecule has 0 amide bonds. The Balaban J connectivity index is 2.19. The van der Waals surface area contributed by atoms with Crippen LogP contribution >= 0.6 is 0 Å². The van der Waals surface area contributed by atoms with Crippen LogP contribution in [0.2, 0.25) is 0 Å². The van der Waals surface area contributed by atoms with Crippen molar-refractivity contribution in [3.63, 3.8) is 0 Å². The average molecular weight is 318 g/mol. The number of aromatic hydroxyl groups is 1. The third-order valence-electron chi connectivity index (χ3n) is 4.36. The fourth-order valence-electron chi connectivity index (χ4n) is 3.13. The number of aryl methyl sites for hydroxylation is 4. The van der Waals surface area contributed by atoms with Gasteiger partial charge in [0.1, 0.15) is 17.2 Å². The number of phenols is 1. The van der Waals surface area contributed by atoms with Crippen LogP contribution < -0.4 is 4.74 Å². The fourth-order valence-corrected chi connectivity index (χ4v) is 3.13. The number of phenolic OH excluding ortho intramolecular Hbond substituents is 1. The highest BCUT2D eigenvalue weighted by molar-refractivity contribution is 5.81. The summed E-state index contributed by atoms with van der Waals surface area (Å²) in [6, 6.07) is 17.6. The predicted molar refractivity (Wildman–Crippen MR) is 99.0 cm³/mol. The van der Waals surface area contributed by atoms with Crippen LogP contribution in [0.15, 0.2) is 54.6 Å². The van der Waals surface area contributed by atoms with Crippen LogP contribution in [-0.2, 0) is 0 Å². The van der Waals surface area contributed by atoms with Gasteiger partial charge < -0.3 is 9.84 Å². The molecule has 0 spiro atoms. The molecule has 0 saturated carbocycles. The van der Waals surface area contributed by atoms with Crippen LogP contribution in [0.1, 0.15) is 22.3 Å². The third-order valence-corrected chi connectivity index (χ3v) is 4.36. The molecule has 0 aromatic heterocycles. The van der Waals surface area contributed by atoms with Crippen molar-refractivity contribution in [3.05, 3.63) is 76.9 Å². The first kappa shape index (κ1) is 16.1. The maximum Gasteiger partial charge on any atom is 0.139 e. The molecule has 122 valence electrons. The summed E-state index contributed by atoms with van der Waals surface area (Å²) in [5.41, 5.74) is 6.15. The minimum atomic E-state index is 0.233. The van der Waals surface area contributed by atoms with E-state index in [1.165, 1.54) is 0 Å². The van der Waals surface area contributed by atoms with E-state index in [9.17, 15) is 5.11 Å². The molecule has 3 rings (SSSR count). The first-order valence-electron chi connectivity index (χ1n) is 8.11. The van der Waals surface area contributed by atoms with Crippen molar-refractivity contribution in [3.8, 4) is 28.4 Å². The maximum atomic E-state index is 10.5. The highest BCUT2D eigenvalue weighted by Gasteiger charge is 2.17. The number of hydrogen-bond acceptors (Lipinski definition) is 2. The lowest BCUT2D eigenvalue weighted by Crippen LogP contribution is -1.95. The van der Waals surface area contributed by atoms with Gasteiger partial charge in [0.15, 0.2) is 0 Å². The van der Waals surface area contributed by atoms with E-state index in [1.807, 2.05) is 50.2 Å². The summed E-state index contributed by atoms with van der Waals surface area (Å²) in [7, 11) is 0. The van der Waals surface area contributed by atoms with E-state index < -0.39 is 0 Å². The molecule has 0 aliphatic rings. The van der Waals surface area contributed by atoms with Crippen LogP contribution in [0.5, 0.6) is 17.2 Å². The summed E-state index contributed by atoms with van der Waals surface area (Å²) in [4.78, 5) is 0. The minimum absolute atomic E-state index is 0.233. The average Bonchev–Trinajstić information content (AvgIpc) is 2.53. The molecule has 24 heavy (non-hydrogen) atoms. The van der Waals surface area contributed by atoms with Crippen molar-refractivity contribution in [1.29, 1.82) is 0 Å². The smallest absolute Gasteiger partial charge is 0.139 e. The summed E-state index contributed by atoms with van der Waals surface area (Å²) in [6.45, 7) is 8.17. The number of benzene rings is 3. The largest absolute Gasteiger partial charge is 0.507 e. The van der Waals surface area contributed by atoms with Crippen molar-refractivity contribution >= 4 is 0 Å². The Bertz CT molecular complexity index is 854. The van der Waals surface area contributed by atoms with E-state index in [1.54, 1.807) is 6.07 Å². The SMILES string of the molecule is Cc1cccc(C)c1Oc1cccc(O)c1-c1c(C)cccc1C. The number of para-hydroxylation sites is 1. The lowest BCUT2D eigenvalue weighted by molar-refractivity contribution is 0.455. The Kier molecular flexibility index (Phi) is 4.30. The first-order valence-corrected chi connectivity index (χ1v) is 8.11. The van der Waals surface area contributed by atoms with Crippen molar-refractivity contribution in [2.75, 3.05) is 0 Å². The van der Waals surface area contributed by atoms with E-state index in [0.717, 1.165) is 39.1 Å². The van der Waals surface area contributed by atoms with Crippen LogP contribution in [0, 0.1) is 27.7 Å². The molecule has 0 radical (unpaired) electrons. The van der Waals surface area contributed by atoms with Crippen molar-refractivity contribution in [2.45, 2.75) is 27.7 Å². The van der Waals surface area contributed by atoms with Gasteiger partial charge in [-0.15, -0.1) is 0 Å². The molecule has 0 bridgehead atoms. The van der Waals surface area contributed by atoms with E-state index in [4.69, 9.17) is 4.74 Å². The van der Waals surface area contributed by atoms with E-state index in [2.05, 4.69) is 26.0 Å². The van der Waals surface area contributed by atoms with Gasteiger partial charge in [-0.1, -0.05) is 42.5 Å². The van der Waals surface area contributed by atoms with Gasteiger partial charge in [-0.2, -0.15) is 0 Å². The topological polar surface area (TPSA) is 29.5 Å². The van der Waals surface area contributed by atoms with Gasteiger partial charge in [-0.3, -0.25) is 0 Å². The molecule has 0 heterocycles. The molecule has 0 atom stereocenters. The standard InChI is InChI=1S/C22H22O2/c1-14-8-5-9-15(2)20(14)21-18(23)12-7-13-19(21)24-22-16(3)10-6-11-17(22)4/h5-13,23H,1-4H3. The number of rotatable bonds is 3. The summed E-state index contributed by atoms with van der Waals surface area (Å²) in [5.74, 6) is 1.75. The van der Waals surface area contributed by atoms with E-state index >= 15 is 0 Å². The molecule has 3 aromatic carbocycles. The second-order valence-electron chi connectivity index (χ2n) is 6.24. The Labute approximate surface area is 143 Å². The normalized spacial score (nSPS) is 10.7. The van der Waals surface area contributed by atoms with Gasteiger partial charge >= 0.3 is 0 Å². The van der Waals surface area contributed by atoms with Crippen LogP contribution in [0.4, 0.5) is 0 Å². The zero-order chi connectivity index (χ0) is 17.3. The minimum Gasteiger partial charge on any atom is -0.507 e. The molecule has 0 aliphatic carbocycles. The molecular formula is C22H22O2. The fraction of sp³-hybridized carbons (Fsp3) is 0.182. The molecule has 2 nitrogen and oxygen atoms in total. The number of ether oxygens (including phenoxy) is 1. The van der Waals surface area contributed by atoms with Crippen molar-refractivity contribution in [1.82, 2.24) is 0 Å². The highest BCUT2D eigenvalue weighted by atomic mass is 16.5. The lowest BCUT2D eigenvalue weighted by Gasteiger charge is -2.18. The van der Waals surface area contributed by atoms with Gasteiger partial charge in [-0.05, 0) is 67.6 Å². The second-order valence-corrected chi connectivity index (χ2v) is 6.24. The van der Waals surface area contributed by atoms with E-state index in [-0.39, 0.29) is 5.75 Å². The third kappa shape index (κ3) is 2.88. The molecule has 0 unspecified atom stereocenters. The molecule has 0 aliphatic heterocycles. The Morgan fingerprint density at radius 1 is 0.625 bits per heavy atom.